The van der Waals surface area contributed by atoms with Crippen LogP contribution in [0.1, 0.15) is 45.4 Å². The monoisotopic (exact) mass is 267 g/mol. The van der Waals surface area contributed by atoms with Gasteiger partial charge in [-0.05, 0) is 45.2 Å². The molecule has 2 aliphatic heterocycles. The summed E-state index contributed by atoms with van der Waals surface area (Å²) in [6.07, 6.45) is 5.32. The van der Waals surface area contributed by atoms with Crippen LogP contribution in [0, 0.1) is 0 Å². The van der Waals surface area contributed by atoms with Gasteiger partial charge in [0.2, 0.25) is 11.8 Å². The van der Waals surface area contributed by atoms with E-state index in [-0.39, 0.29) is 23.9 Å². The van der Waals surface area contributed by atoms with Crippen LogP contribution in [0.15, 0.2) is 0 Å². The van der Waals surface area contributed by atoms with E-state index in [2.05, 4.69) is 10.6 Å². The molecule has 1 atom stereocenters. The maximum atomic E-state index is 12.4. The third kappa shape index (κ3) is 3.69. The fourth-order valence-corrected chi connectivity index (χ4v) is 2.97. The lowest BCUT2D eigenvalue weighted by Gasteiger charge is -2.36. The molecule has 5 heteroatoms. The van der Waals surface area contributed by atoms with Gasteiger partial charge in [0.15, 0.2) is 0 Å². The fraction of sp³-hybridized carbons (Fsp3) is 0.857. The predicted molar refractivity (Wildman–Crippen MR) is 73.7 cm³/mol. The zero-order valence-corrected chi connectivity index (χ0v) is 11.8. The molecule has 2 amide bonds. The number of rotatable bonds is 3. The number of nitrogens with zero attached hydrogens (tertiary/aromatic N) is 1. The Morgan fingerprint density at radius 3 is 2.63 bits per heavy atom. The average Bonchev–Trinajstić information content (AvgIpc) is 2.47. The topological polar surface area (TPSA) is 61.4 Å². The van der Waals surface area contributed by atoms with Gasteiger partial charge in [0.1, 0.15) is 6.04 Å². The van der Waals surface area contributed by atoms with Crippen LogP contribution in [0.3, 0.4) is 0 Å². The van der Waals surface area contributed by atoms with Crippen molar-refractivity contribution in [2.45, 2.75) is 57.5 Å². The molecule has 108 valence electrons. The van der Waals surface area contributed by atoms with E-state index >= 15 is 0 Å². The molecule has 5 nitrogen and oxygen atoms in total. The van der Waals surface area contributed by atoms with Crippen molar-refractivity contribution in [2.24, 2.45) is 0 Å². The van der Waals surface area contributed by atoms with E-state index in [1.807, 2.05) is 6.92 Å². The highest BCUT2D eigenvalue weighted by Gasteiger charge is 2.32. The highest BCUT2D eigenvalue weighted by Crippen LogP contribution is 2.18. The first-order valence-electron chi connectivity index (χ1n) is 7.53. The van der Waals surface area contributed by atoms with Gasteiger partial charge in [0, 0.05) is 19.0 Å². The molecule has 2 fully saturated rings. The molecule has 0 saturated carbocycles. The minimum atomic E-state index is -0.240. The van der Waals surface area contributed by atoms with Crippen LogP contribution in [-0.2, 0) is 9.59 Å². The molecule has 0 radical (unpaired) electrons. The van der Waals surface area contributed by atoms with Crippen molar-refractivity contribution in [3.63, 3.8) is 0 Å². The molecule has 2 heterocycles. The lowest BCUT2D eigenvalue weighted by Crippen LogP contribution is -2.54. The normalized spacial score (nSPS) is 25.1. The van der Waals surface area contributed by atoms with Gasteiger partial charge in [-0.2, -0.15) is 0 Å². The highest BCUT2D eigenvalue weighted by atomic mass is 16.2. The Balaban J connectivity index is 1.92. The molecule has 2 saturated heterocycles. The molecule has 19 heavy (non-hydrogen) atoms. The van der Waals surface area contributed by atoms with Crippen molar-refractivity contribution < 1.29 is 9.59 Å². The molecular formula is C14H25N3O2. The van der Waals surface area contributed by atoms with Gasteiger partial charge in [-0.3, -0.25) is 9.59 Å². The molecule has 0 aliphatic carbocycles. The van der Waals surface area contributed by atoms with Gasteiger partial charge >= 0.3 is 0 Å². The summed E-state index contributed by atoms with van der Waals surface area (Å²) < 4.78 is 0. The lowest BCUT2D eigenvalue weighted by molar-refractivity contribution is -0.142. The largest absolute Gasteiger partial charge is 0.351 e. The standard InChI is InChI=1S/C14H25N3O2/c1-2-13(18)17-10-4-3-5-12(17)14(19)16-11-6-8-15-9-7-11/h11-12,15H,2-10H2,1H3,(H,16,19). The van der Waals surface area contributed by atoms with Gasteiger partial charge in [0.25, 0.3) is 0 Å². The Morgan fingerprint density at radius 1 is 1.21 bits per heavy atom. The van der Waals surface area contributed by atoms with E-state index in [1.165, 1.54) is 0 Å². The molecule has 0 aromatic heterocycles. The summed E-state index contributed by atoms with van der Waals surface area (Å²) in [5.41, 5.74) is 0. The summed E-state index contributed by atoms with van der Waals surface area (Å²) in [7, 11) is 0. The number of nitrogens with one attached hydrogen (secondary N) is 2. The third-order valence-corrected chi connectivity index (χ3v) is 4.11. The third-order valence-electron chi connectivity index (χ3n) is 4.11. The van der Waals surface area contributed by atoms with Gasteiger partial charge in [-0.15, -0.1) is 0 Å². The quantitative estimate of drug-likeness (QED) is 0.789. The molecule has 2 N–H and O–H groups in total. The van der Waals surface area contributed by atoms with Gasteiger partial charge in [-0.1, -0.05) is 6.92 Å². The SMILES string of the molecule is CCC(=O)N1CCCCC1C(=O)NC1CCNCC1. The number of hydrogen-bond donors (Lipinski definition) is 2. The molecule has 0 bridgehead atoms. The van der Waals surface area contributed by atoms with Crippen LogP contribution < -0.4 is 10.6 Å². The van der Waals surface area contributed by atoms with E-state index in [1.54, 1.807) is 4.90 Å². The molecule has 0 aromatic carbocycles. The maximum absolute atomic E-state index is 12.4. The first kappa shape index (κ1) is 14.3. The number of hydrogen-bond acceptors (Lipinski definition) is 3. The average molecular weight is 267 g/mol. The van der Waals surface area contributed by atoms with E-state index in [9.17, 15) is 9.59 Å². The second-order valence-corrected chi connectivity index (χ2v) is 5.49. The van der Waals surface area contributed by atoms with Crippen LogP contribution in [-0.4, -0.2) is 48.4 Å². The summed E-state index contributed by atoms with van der Waals surface area (Å²) in [6.45, 7) is 4.52. The van der Waals surface area contributed by atoms with E-state index in [0.717, 1.165) is 51.7 Å². The molecular weight excluding hydrogens is 242 g/mol. The van der Waals surface area contributed by atoms with Crippen molar-refractivity contribution in [1.82, 2.24) is 15.5 Å². The van der Waals surface area contributed by atoms with Crippen molar-refractivity contribution >= 4 is 11.8 Å². The molecule has 0 spiro atoms. The van der Waals surface area contributed by atoms with E-state index in [0.29, 0.717) is 6.42 Å². The second-order valence-electron chi connectivity index (χ2n) is 5.49. The summed E-state index contributed by atoms with van der Waals surface area (Å²) in [5.74, 6) is 0.151. The summed E-state index contributed by atoms with van der Waals surface area (Å²) >= 11 is 0. The predicted octanol–water partition coefficient (Wildman–Crippen LogP) is 0.646. The molecule has 2 aliphatic rings. The number of piperidine rings is 2. The van der Waals surface area contributed by atoms with Crippen LogP contribution in [0.25, 0.3) is 0 Å². The smallest absolute Gasteiger partial charge is 0.243 e. The highest BCUT2D eigenvalue weighted by molar-refractivity contribution is 5.88. The zero-order chi connectivity index (χ0) is 13.7. The van der Waals surface area contributed by atoms with E-state index < -0.39 is 0 Å². The Bertz CT molecular complexity index is 327. The zero-order valence-electron chi connectivity index (χ0n) is 11.8. The van der Waals surface area contributed by atoms with Gasteiger partial charge in [0.05, 0.1) is 0 Å². The number of amides is 2. The van der Waals surface area contributed by atoms with Crippen molar-refractivity contribution in [2.75, 3.05) is 19.6 Å². The second kappa shape index (κ2) is 6.89. The minimum Gasteiger partial charge on any atom is -0.351 e. The molecule has 2 rings (SSSR count). The minimum absolute atomic E-state index is 0.0494. The Morgan fingerprint density at radius 2 is 1.95 bits per heavy atom. The number of likely N-dealkylation sites (tertiary alicyclic amines) is 1. The number of carbonyl (C=O) groups is 2. The van der Waals surface area contributed by atoms with E-state index in [4.69, 9.17) is 0 Å². The van der Waals surface area contributed by atoms with Gasteiger partial charge in [-0.25, -0.2) is 0 Å². The maximum Gasteiger partial charge on any atom is 0.243 e. The van der Waals surface area contributed by atoms with Crippen molar-refractivity contribution in [1.29, 1.82) is 0 Å². The summed E-state index contributed by atoms with van der Waals surface area (Å²) in [4.78, 5) is 26.1. The Labute approximate surface area is 115 Å². The molecule has 1 unspecified atom stereocenters. The van der Waals surface area contributed by atoms with Gasteiger partial charge < -0.3 is 15.5 Å². The van der Waals surface area contributed by atoms with Crippen LogP contribution in [0.4, 0.5) is 0 Å². The first-order chi connectivity index (χ1) is 9.22. The van der Waals surface area contributed by atoms with Crippen molar-refractivity contribution in [3.05, 3.63) is 0 Å². The number of carbonyl (C=O) groups excluding carboxylic acids is 2. The summed E-state index contributed by atoms with van der Waals surface area (Å²) in [5, 5.41) is 6.41. The lowest BCUT2D eigenvalue weighted by atomic mass is 9.99. The van der Waals surface area contributed by atoms with Crippen molar-refractivity contribution in [3.8, 4) is 0 Å². The molecule has 0 aromatic rings. The van der Waals surface area contributed by atoms with Crippen LogP contribution in [0.5, 0.6) is 0 Å². The first-order valence-corrected chi connectivity index (χ1v) is 7.53. The fourth-order valence-electron chi connectivity index (χ4n) is 2.97. The summed E-state index contributed by atoms with van der Waals surface area (Å²) in [6, 6.07) is 0.0327. The van der Waals surface area contributed by atoms with Crippen LogP contribution >= 0.6 is 0 Å². The Kier molecular flexibility index (Phi) is 5.19. The van der Waals surface area contributed by atoms with Crippen LogP contribution in [0.2, 0.25) is 0 Å². The Hall–Kier alpha value is -1.10.